The van der Waals surface area contributed by atoms with Crippen LogP contribution >= 0.6 is 11.6 Å². The average molecular weight is 327 g/mol. The summed E-state index contributed by atoms with van der Waals surface area (Å²) >= 11 is 6.03. The van der Waals surface area contributed by atoms with E-state index in [1.165, 1.54) is 4.31 Å². The first-order valence-electron chi connectivity index (χ1n) is 6.60. The number of nitrogens with zero attached hydrogens (tertiary/aromatic N) is 2. The highest BCUT2D eigenvalue weighted by atomic mass is 35.5. The number of hydrogen-bond donors (Lipinski definition) is 1. The third-order valence-corrected chi connectivity index (χ3v) is 5.98. The Morgan fingerprint density at radius 1 is 1.43 bits per heavy atom. The molecule has 2 aromatic rings. The minimum Gasteiger partial charge on any atom is -0.396 e. The van der Waals surface area contributed by atoms with Crippen LogP contribution in [-0.4, -0.2) is 42.5 Å². The molecule has 0 unspecified atom stereocenters. The Kier molecular flexibility index (Phi) is 3.65. The van der Waals surface area contributed by atoms with Crippen LogP contribution in [0.25, 0.3) is 10.9 Å². The first-order chi connectivity index (χ1) is 9.93. The molecule has 21 heavy (non-hydrogen) atoms. The second-order valence-corrected chi connectivity index (χ2v) is 7.56. The summed E-state index contributed by atoms with van der Waals surface area (Å²) in [6, 6.07) is 6.89. The summed E-state index contributed by atoms with van der Waals surface area (Å²) in [6.45, 7) is 2.52. The first-order valence-corrected chi connectivity index (χ1v) is 8.42. The Morgan fingerprint density at radius 2 is 2.14 bits per heavy atom. The lowest BCUT2D eigenvalue weighted by Gasteiger charge is -2.37. The van der Waals surface area contributed by atoms with E-state index in [1.54, 1.807) is 12.1 Å². The zero-order valence-corrected chi connectivity index (χ0v) is 13.0. The maximum Gasteiger partial charge on any atom is 0.245 e. The second kappa shape index (κ2) is 5.21. The molecular weight excluding hydrogens is 312 g/mol. The molecule has 0 amide bonds. The fraction of sp³-hybridized carbons (Fsp3) is 0.357. The smallest absolute Gasteiger partial charge is 0.245 e. The number of benzene rings is 1. The third kappa shape index (κ3) is 2.42. The Hall–Kier alpha value is -1.21. The molecule has 1 fully saturated rings. The van der Waals surface area contributed by atoms with Gasteiger partial charge in [-0.3, -0.25) is 0 Å². The summed E-state index contributed by atoms with van der Waals surface area (Å²) in [6.07, 6.45) is 0. The lowest BCUT2D eigenvalue weighted by atomic mass is 10.1. The molecule has 1 N–H and O–H groups in total. The first kappa shape index (κ1) is 14.7. The molecule has 7 heteroatoms. The summed E-state index contributed by atoms with van der Waals surface area (Å²) in [7, 11) is -3.60. The molecule has 3 rings (SSSR count). The highest BCUT2D eigenvalue weighted by molar-refractivity contribution is 7.89. The van der Waals surface area contributed by atoms with Gasteiger partial charge in [0.05, 0.1) is 5.52 Å². The van der Waals surface area contributed by atoms with Gasteiger partial charge in [-0.1, -0.05) is 23.7 Å². The van der Waals surface area contributed by atoms with Gasteiger partial charge in [0.1, 0.15) is 10.0 Å². The number of rotatable bonds is 3. The van der Waals surface area contributed by atoms with Crippen LogP contribution in [0.15, 0.2) is 29.2 Å². The van der Waals surface area contributed by atoms with E-state index < -0.39 is 10.0 Å². The van der Waals surface area contributed by atoms with E-state index in [4.69, 9.17) is 16.7 Å². The van der Waals surface area contributed by atoms with E-state index in [0.29, 0.717) is 23.8 Å². The van der Waals surface area contributed by atoms with Crippen molar-refractivity contribution in [1.29, 1.82) is 0 Å². The molecule has 0 atom stereocenters. The Bertz CT molecular complexity index is 801. The number of aliphatic hydroxyl groups excluding tert-OH is 1. The lowest BCUT2D eigenvalue weighted by molar-refractivity contribution is 0.117. The molecule has 112 valence electrons. The molecule has 1 aromatic carbocycles. The van der Waals surface area contributed by atoms with Gasteiger partial charge in [0.2, 0.25) is 10.0 Å². The van der Waals surface area contributed by atoms with Crippen LogP contribution in [0.2, 0.25) is 5.15 Å². The molecule has 1 aliphatic heterocycles. The predicted octanol–water partition coefficient (Wildman–Crippen LogP) is 1.81. The van der Waals surface area contributed by atoms with Crippen LogP contribution in [0, 0.1) is 12.8 Å². The van der Waals surface area contributed by atoms with Crippen molar-refractivity contribution in [3.05, 3.63) is 35.0 Å². The largest absolute Gasteiger partial charge is 0.396 e. The number of para-hydroxylation sites is 1. The van der Waals surface area contributed by atoms with Crippen LogP contribution in [-0.2, 0) is 10.0 Å². The fourth-order valence-corrected chi connectivity index (χ4v) is 4.33. The van der Waals surface area contributed by atoms with E-state index in [0.717, 1.165) is 10.9 Å². The van der Waals surface area contributed by atoms with Gasteiger partial charge in [-0.05, 0) is 24.6 Å². The number of fused-ring (bicyclic) bond motifs is 1. The number of pyridine rings is 1. The standard InChI is InChI=1S/C14H15ClN2O3S/c1-9-5-11-3-2-4-12(13(11)16-14(9)15)21(19,20)17-6-10(7-17)8-18/h2-5,10,18H,6-8H2,1H3. The van der Waals surface area contributed by atoms with Crippen molar-refractivity contribution in [3.8, 4) is 0 Å². The van der Waals surface area contributed by atoms with Crippen LogP contribution in [0.5, 0.6) is 0 Å². The molecule has 1 aliphatic rings. The maximum absolute atomic E-state index is 12.6. The zero-order chi connectivity index (χ0) is 15.2. The van der Waals surface area contributed by atoms with Gasteiger partial charge in [0.15, 0.2) is 0 Å². The molecule has 0 radical (unpaired) electrons. The molecular formula is C14H15ClN2O3S. The number of hydrogen-bond acceptors (Lipinski definition) is 4. The van der Waals surface area contributed by atoms with Crippen molar-refractivity contribution < 1.29 is 13.5 Å². The highest BCUT2D eigenvalue weighted by Gasteiger charge is 2.37. The van der Waals surface area contributed by atoms with E-state index >= 15 is 0 Å². The number of aryl methyl sites for hydroxylation is 1. The van der Waals surface area contributed by atoms with Gasteiger partial charge < -0.3 is 5.11 Å². The summed E-state index contributed by atoms with van der Waals surface area (Å²) in [5, 5.41) is 10.1. The van der Waals surface area contributed by atoms with E-state index in [1.807, 2.05) is 19.1 Å². The van der Waals surface area contributed by atoms with Crippen LogP contribution < -0.4 is 0 Å². The van der Waals surface area contributed by atoms with Crippen molar-refractivity contribution in [2.45, 2.75) is 11.8 Å². The van der Waals surface area contributed by atoms with E-state index in [2.05, 4.69) is 4.98 Å². The second-order valence-electron chi connectivity index (χ2n) is 5.29. The normalized spacial score (nSPS) is 17.1. The Balaban J connectivity index is 2.10. The molecule has 0 saturated carbocycles. The van der Waals surface area contributed by atoms with E-state index in [-0.39, 0.29) is 17.4 Å². The monoisotopic (exact) mass is 326 g/mol. The summed E-state index contributed by atoms with van der Waals surface area (Å²) in [4.78, 5) is 4.40. The van der Waals surface area contributed by atoms with Gasteiger partial charge in [-0.2, -0.15) is 4.31 Å². The summed E-state index contributed by atoms with van der Waals surface area (Å²) < 4.78 is 26.7. The van der Waals surface area contributed by atoms with Gasteiger partial charge in [0, 0.05) is 31.0 Å². The molecule has 2 heterocycles. The van der Waals surface area contributed by atoms with E-state index in [9.17, 15) is 8.42 Å². The minimum absolute atomic E-state index is 0.00479. The van der Waals surface area contributed by atoms with Gasteiger partial charge in [-0.25, -0.2) is 13.4 Å². The molecule has 1 aromatic heterocycles. The molecule has 0 spiro atoms. The third-order valence-electron chi connectivity index (χ3n) is 3.74. The van der Waals surface area contributed by atoms with Crippen molar-refractivity contribution >= 4 is 32.5 Å². The van der Waals surface area contributed by atoms with Crippen LogP contribution in [0.3, 0.4) is 0 Å². The topological polar surface area (TPSA) is 70.5 Å². The lowest BCUT2D eigenvalue weighted by Crippen LogP contribution is -2.51. The molecule has 0 bridgehead atoms. The number of sulfonamides is 1. The number of aliphatic hydroxyl groups is 1. The SMILES string of the molecule is Cc1cc2cccc(S(=O)(=O)N3CC(CO)C3)c2nc1Cl. The Labute approximate surface area is 128 Å². The molecule has 0 aliphatic carbocycles. The minimum atomic E-state index is -3.60. The maximum atomic E-state index is 12.6. The summed E-state index contributed by atoms with van der Waals surface area (Å²) in [5.74, 6) is 0.0218. The highest BCUT2D eigenvalue weighted by Crippen LogP contribution is 2.30. The van der Waals surface area contributed by atoms with Gasteiger partial charge in [0.25, 0.3) is 0 Å². The quantitative estimate of drug-likeness (QED) is 0.873. The molecule has 5 nitrogen and oxygen atoms in total. The van der Waals surface area contributed by atoms with Crippen LogP contribution in [0.4, 0.5) is 0 Å². The zero-order valence-electron chi connectivity index (χ0n) is 11.5. The Morgan fingerprint density at radius 3 is 2.81 bits per heavy atom. The number of aromatic nitrogens is 1. The average Bonchev–Trinajstić information content (AvgIpc) is 2.38. The van der Waals surface area contributed by atoms with Crippen molar-refractivity contribution in [1.82, 2.24) is 9.29 Å². The van der Waals surface area contributed by atoms with Crippen LogP contribution in [0.1, 0.15) is 5.56 Å². The number of halogens is 1. The van der Waals surface area contributed by atoms with Gasteiger partial charge in [-0.15, -0.1) is 0 Å². The molecule has 1 saturated heterocycles. The van der Waals surface area contributed by atoms with Crippen molar-refractivity contribution in [3.63, 3.8) is 0 Å². The van der Waals surface area contributed by atoms with Gasteiger partial charge >= 0.3 is 0 Å². The van der Waals surface area contributed by atoms with Crippen molar-refractivity contribution in [2.75, 3.05) is 19.7 Å². The summed E-state index contributed by atoms with van der Waals surface area (Å²) in [5.41, 5.74) is 1.20. The predicted molar refractivity (Wildman–Crippen MR) is 80.8 cm³/mol. The van der Waals surface area contributed by atoms with Crippen molar-refractivity contribution in [2.24, 2.45) is 5.92 Å². The fourth-order valence-electron chi connectivity index (χ4n) is 2.44.